The molecule has 1 heterocycles. The van der Waals surface area contributed by atoms with Crippen molar-refractivity contribution in [1.82, 2.24) is 4.72 Å². The molecule has 1 atom stereocenters. The monoisotopic (exact) mass is 288 g/mol. The van der Waals surface area contributed by atoms with E-state index in [1.807, 2.05) is 6.07 Å². The molecule has 18 heavy (non-hydrogen) atoms. The number of sulfonamides is 1. The van der Waals surface area contributed by atoms with E-state index in [-0.39, 0.29) is 15.6 Å². The number of hydrogen-bond donors (Lipinski definition) is 2. The van der Waals surface area contributed by atoms with Gasteiger partial charge in [-0.05, 0) is 25.5 Å². The van der Waals surface area contributed by atoms with Crippen LogP contribution in [-0.2, 0) is 10.0 Å². The molecule has 98 valence electrons. The maximum atomic E-state index is 11.8. The van der Waals surface area contributed by atoms with Crippen molar-refractivity contribution in [3.05, 3.63) is 16.5 Å². The summed E-state index contributed by atoms with van der Waals surface area (Å²) in [6.07, 6.45) is 0. The first-order chi connectivity index (χ1) is 8.27. The highest BCUT2D eigenvalue weighted by Gasteiger charge is 2.21. The number of carboxylic acids is 1. The van der Waals surface area contributed by atoms with Crippen LogP contribution in [0.25, 0.3) is 0 Å². The maximum Gasteiger partial charge on any atom is 0.346 e. The first-order valence-electron chi connectivity index (χ1n) is 5.01. The van der Waals surface area contributed by atoms with Crippen LogP contribution in [0.2, 0.25) is 0 Å². The number of hydrogen-bond acceptors (Lipinski definition) is 5. The molecule has 1 unspecified atom stereocenters. The number of nitrogens with one attached hydrogen (secondary N) is 1. The molecule has 0 radical (unpaired) electrons. The molecule has 0 spiro atoms. The molecule has 1 aromatic rings. The summed E-state index contributed by atoms with van der Waals surface area (Å²) >= 11 is 0.701. The summed E-state index contributed by atoms with van der Waals surface area (Å²) in [4.78, 5) is 10.8. The largest absolute Gasteiger partial charge is 0.477 e. The number of nitriles is 1. The van der Waals surface area contributed by atoms with E-state index in [2.05, 4.69) is 4.72 Å². The SMILES string of the molecule is Cc1cc(S(=O)(=O)NCC(C)C#N)sc1C(=O)O. The Hall–Kier alpha value is -1.43. The van der Waals surface area contributed by atoms with Gasteiger partial charge in [-0.15, -0.1) is 11.3 Å². The number of carboxylic acid groups (broad SMARTS) is 1. The van der Waals surface area contributed by atoms with Gasteiger partial charge in [-0.2, -0.15) is 5.26 Å². The van der Waals surface area contributed by atoms with E-state index in [1.165, 1.54) is 13.0 Å². The summed E-state index contributed by atoms with van der Waals surface area (Å²) in [6.45, 7) is 3.12. The van der Waals surface area contributed by atoms with E-state index in [0.29, 0.717) is 16.9 Å². The lowest BCUT2D eigenvalue weighted by Gasteiger charge is -2.04. The van der Waals surface area contributed by atoms with Crippen molar-refractivity contribution in [3.8, 4) is 6.07 Å². The first kappa shape index (κ1) is 14.6. The van der Waals surface area contributed by atoms with Crippen LogP contribution in [0.1, 0.15) is 22.2 Å². The molecular formula is C10H12N2O4S2. The van der Waals surface area contributed by atoms with Crippen molar-refractivity contribution in [2.24, 2.45) is 5.92 Å². The van der Waals surface area contributed by atoms with Crippen LogP contribution in [0, 0.1) is 24.2 Å². The highest BCUT2D eigenvalue weighted by atomic mass is 32.2. The van der Waals surface area contributed by atoms with Gasteiger partial charge in [0.2, 0.25) is 10.0 Å². The van der Waals surface area contributed by atoms with E-state index < -0.39 is 21.9 Å². The lowest BCUT2D eigenvalue weighted by Crippen LogP contribution is -2.27. The van der Waals surface area contributed by atoms with Crippen molar-refractivity contribution in [2.75, 3.05) is 6.54 Å². The number of rotatable bonds is 5. The van der Waals surface area contributed by atoms with Crippen molar-refractivity contribution in [1.29, 1.82) is 5.26 Å². The minimum Gasteiger partial charge on any atom is -0.477 e. The minimum atomic E-state index is -3.75. The Labute approximate surface area is 109 Å². The lowest BCUT2D eigenvalue weighted by molar-refractivity contribution is 0.0701. The standard InChI is InChI=1S/C10H12N2O4S2/c1-6(4-11)5-12-18(15,16)8-3-7(2)9(17-8)10(13)14/h3,6,12H,5H2,1-2H3,(H,13,14). The second-order valence-electron chi connectivity index (χ2n) is 3.76. The molecule has 0 aliphatic heterocycles. The molecule has 6 nitrogen and oxygen atoms in total. The van der Waals surface area contributed by atoms with E-state index in [9.17, 15) is 13.2 Å². The van der Waals surface area contributed by atoms with E-state index in [1.54, 1.807) is 6.92 Å². The molecule has 1 aromatic heterocycles. The van der Waals surface area contributed by atoms with Gasteiger partial charge in [0.15, 0.2) is 0 Å². The Morgan fingerprint density at radius 2 is 2.28 bits per heavy atom. The fraction of sp³-hybridized carbons (Fsp3) is 0.400. The second-order valence-corrected chi connectivity index (χ2v) is 6.81. The molecular weight excluding hydrogens is 276 g/mol. The molecule has 2 N–H and O–H groups in total. The zero-order valence-corrected chi connectivity index (χ0v) is 11.4. The van der Waals surface area contributed by atoms with Crippen LogP contribution in [0.15, 0.2) is 10.3 Å². The maximum absolute atomic E-state index is 11.8. The quantitative estimate of drug-likeness (QED) is 0.846. The van der Waals surface area contributed by atoms with Gasteiger partial charge in [-0.1, -0.05) is 0 Å². The van der Waals surface area contributed by atoms with Crippen LogP contribution in [0.3, 0.4) is 0 Å². The van der Waals surface area contributed by atoms with Gasteiger partial charge >= 0.3 is 5.97 Å². The molecule has 0 aliphatic carbocycles. The smallest absolute Gasteiger partial charge is 0.346 e. The Bertz CT molecular complexity index is 598. The molecule has 0 saturated heterocycles. The van der Waals surface area contributed by atoms with Crippen LogP contribution in [0.5, 0.6) is 0 Å². The van der Waals surface area contributed by atoms with Crippen molar-refractivity contribution < 1.29 is 18.3 Å². The fourth-order valence-electron chi connectivity index (χ4n) is 1.15. The molecule has 8 heteroatoms. The number of carbonyl (C=O) groups is 1. The van der Waals surface area contributed by atoms with E-state index in [0.717, 1.165) is 0 Å². The summed E-state index contributed by atoms with van der Waals surface area (Å²) in [5.74, 6) is -1.59. The molecule has 0 aliphatic rings. The molecule has 0 amide bonds. The van der Waals surface area contributed by atoms with Gasteiger partial charge in [0.25, 0.3) is 0 Å². The lowest BCUT2D eigenvalue weighted by atomic mass is 10.2. The van der Waals surface area contributed by atoms with Gasteiger partial charge in [0.05, 0.1) is 12.0 Å². The highest BCUT2D eigenvalue weighted by Crippen LogP contribution is 2.25. The Balaban J connectivity index is 2.96. The Morgan fingerprint density at radius 3 is 2.72 bits per heavy atom. The zero-order chi connectivity index (χ0) is 13.9. The predicted octanol–water partition coefficient (Wildman–Crippen LogP) is 1.19. The molecule has 0 fully saturated rings. The highest BCUT2D eigenvalue weighted by molar-refractivity contribution is 7.91. The van der Waals surface area contributed by atoms with Crippen molar-refractivity contribution in [2.45, 2.75) is 18.1 Å². The topological polar surface area (TPSA) is 107 Å². The van der Waals surface area contributed by atoms with Crippen LogP contribution in [-0.4, -0.2) is 26.0 Å². The summed E-state index contributed by atoms with van der Waals surface area (Å²) in [6, 6.07) is 3.22. The molecule has 0 bridgehead atoms. The van der Waals surface area contributed by atoms with Crippen LogP contribution >= 0.6 is 11.3 Å². The summed E-state index contributed by atoms with van der Waals surface area (Å²) in [7, 11) is -3.75. The normalized spacial score (nSPS) is 12.9. The molecule has 1 rings (SSSR count). The number of thiophene rings is 1. The van der Waals surface area contributed by atoms with Crippen molar-refractivity contribution >= 4 is 27.3 Å². The Morgan fingerprint density at radius 1 is 1.67 bits per heavy atom. The Kier molecular flexibility index (Phi) is 4.45. The third-order valence-corrected chi connectivity index (χ3v) is 5.28. The van der Waals surface area contributed by atoms with Crippen LogP contribution < -0.4 is 4.72 Å². The van der Waals surface area contributed by atoms with Gasteiger partial charge < -0.3 is 5.11 Å². The first-order valence-corrected chi connectivity index (χ1v) is 7.31. The third kappa shape index (κ3) is 3.29. The zero-order valence-electron chi connectivity index (χ0n) is 9.80. The van der Waals surface area contributed by atoms with Gasteiger partial charge in [-0.25, -0.2) is 17.9 Å². The third-order valence-electron chi connectivity index (χ3n) is 2.15. The average Bonchev–Trinajstić information content (AvgIpc) is 2.69. The van der Waals surface area contributed by atoms with Crippen molar-refractivity contribution in [3.63, 3.8) is 0 Å². The molecule has 0 aromatic carbocycles. The van der Waals surface area contributed by atoms with Gasteiger partial charge in [0, 0.05) is 6.54 Å². The fourth-order valence-corrected chi connectivity index (χ4v) is 3.70. The number of nitrogens with zero attached hydrogens (tertiary/aromatic N) is 1. The number of aryl methyl sites for hydroxylation is 1. The summed E-state index contributed by atoms with van der Waals surface area (Å²) < 4.78 is 25.9. The second kappa shape index (κ2) is 5.48. The van der Waals surface area contributed by atoms with E-state index in [4.69, 9.17) is 10.4 Å². The predicted molar refractivity (Wildman–Crippen MR) is 66.0 cm³/mol. The number of aromatic carboxylic acids is 1. The summed E-state index contributed by atoms with van der Waals surface area (Å²) in [5, 5.41) is 17.4. The van der Waals surface area contributed by atoms with Crippen LogP contribution in [0.4, 0.5) is 0 Å². The van der Waals surface area contributed by atoms with Gasteiger partial charge in [-0.3, -0.25) is 0 Å². The van der Waals surface area contributed by atoms with Gasteiger partial charge in [0.1, 0.15) is 9.09 Å². The average molecular weight is 288 g/mol. The summed E-state index contributed by atoms with van der Waals surface area (Å²) in [5.41, 5.74) is 0.404. The van der Waals surface area contributed by atoms with E-state index >= 15 is 0 Å². The minimum absolute atomic E-state index is 0.00180. The molecule has 0 saturated carbocycles.